The van der Waals surface area contributed by atoms with Crippen LogP contribution in [0.5, 0.6) is 0 Å². The molecule has 0 amide bonds. The fraction of sp³-hybridized carbons (Fsp3) is 0.200. The van der Waals surface area contributed by atoms with E-state index in [2.05, 4.69) is 4.98 Å². The first-order chi connectivity index (χ1) is 6.58. The number of aromatic nitrogens is 1. The predicted octanol–water partition coefficient (Wildman–Crippen LogP) is 2.61. The second-order valence-corrected chi connectivity index (χ2v) is 4.27. The Morgan fingerprint density at radius 2 is 2.14 bits per heavy atom. The number of aromatic carboxylic acids is 1. The van der Waals surface area contributed by atoms with Gasteiger partial charge in [-0.15, -0.1) is 11.3 Å². The highest BCUT2D eigenvalue weighted by atomic mass is 32.1. The van der Waals surface area contributed by atoms with Crippen molar-refractivity contribution in [3.63, 3.8) is 0 Å². The van der Waals surface area contributed by atoms with E-state index in [1.807, 2.05) is 19.9 Å². The Bertz CT molecular complexity index is 477. The molecule has 14 heavy (non-hydrogen) atoms. The summed E-state index contributed by atoms with van der Waals surface area (Å²) in [6.07, 6.45) is 0. The van der Waals surface area contributed by atoms with Crippen LogP contribution in [0.25, 0.3) is 10.2 Å². The fourth-order valence-electron chi connectivity index (χ4n) is 1.26. The number of hydrogen-bond donors (Lipinski definition) is 1. The van der Waals surface area contributed by atoms with Crippen LogP contribution in [0.1, 0.15) is 20.9 Å². The van der Waals surface area contributed by atoms with Crippen molar-refractivity contribution in [1.82, 2.24) is 4.98 Å². The Morgan fingerprint density at radius 1 is 1.43 bits per heavy atom. The van der Waals surface area contributed by atoms with Gasteiger partial charge in [0, 0.05) is 5.69 Å². The van der Waals surface area contributed by atoms with Crippen LogP contribution >= 0.6 is 11.3 Å². The van der Waals surface area contributed by atoms with Gasteiger partial charge < -0.3 is 5.11 Å². The second-order valence-electron chi connectivity index (χ2n) is 3.19. The van der Waals surface area contributed by atoms with Gasteiger partial charge >= 0.3 is 5.97 Å². The minimum Gasteiger partial charge on any atom is -0.477 e. The largest absolute Gasteiger partial charge is 0.477 e. The molecule has 0 atom stereocenters. The Labute approximate surface area is 85.0 Å². The van der Waals surface area contributed by atoms with Crippen molar-refractivity contribution < 1.29 is 9.90 Å². The summed E-state index contributed by atoms with van der Waals surface area (Å²) in [6.45, 7) is 3.90. The number of nitrogens with zero attached hydrogens (tertiary/aromatic N) is 1. The second kappa shape index (κ2) is 3.06. The molecule has 0 aromatic carbocycles. The third-order valence-electron chi connectivity index (χ3n) is 2.16. The number of hydrogen-bond acceptors (Lipinski definition) is 3. The number of carboxylic acid groups (broad SMARTS) is 1. The lowest BCUT2D eigenvalue weighted by Gasteiger charge is -1.96. The molecular formula is C10H9NO2S. The highest BCUT2D eigenvalue weighted by molar-refractivity contribution is 7.20. The van der Waals surface area contributed by atoms with Crippen LogP contribution in [0.2, 0.25) is 0 Å². The molecule has 0 unspecified atom stereocenters. The number of fused-ring (bicyclic) bond motifs is 1. The molecule has 0 aliphatic rings. The minimum atomic E-state index is -0.886. The predicted molar refractivity (Wildman–Crippen MR) is 56.1 cm³/mol. The molecule has 0 fully saturated rings. The number of carbonyl (C=O) groups is 1. The zero-order valence-electron chi connectivity index (χ0n) is 7.87. The Hall–Kier alpha value is -1.42. The summed E-state index contributed by atoms with van der Waals surface area (Å²) >= 11 is 1.27. The van der Waals surface area contributed by atoms with Crippen LogP contribution in [0.3, 0.4) is 0 Å². The number of thiophene rings is 1. The van der Waals surface area contributed by atoms with Gasteiger partial charge in [-0.1, -0.05) is 0 Å². The average Bonchev–Trinajstić information content (AvgIpc) is 2.48. The first-order valence-electron chi connectivity index (χ1n) is 4.19. The third-order valence-corrected chi connectivity index (χ3v) is 3.22. The van der Waals surface area contributed by atoms with E-state index in [0.29, 0.717) is 4.88 Å². The molecule has 2 rings (SSSR count). The van der Waals surface area contributed by atoms with Crippen molar-refractivity contribution in [3.8, 4) is 0 Å². The van der Waals surface area contributed by atoms with Crippen molar-refractivity contribution in [1.29, 1.82) is 0 Å². The van der Waals surface area contributed by atoms with Crippen molar-refractivity contribution in [2.24, 2.45) is 0 Å². The van der Waals surface area contributed by atoms with Crippen LogP contribution < -0.4 is 0 Å². The fourth-order valence-corrected chi connectivity index (χ4v) is 2.20. The lowest BCUT2D eigenvalue weighted by atomic mass is 10.2. The summed E-state index contributed by atoms with van der Waals surface area (Å²) in [7, 11) is 0. The number of rotatable bonds is 1. The normalized spacial score (nSPS) is 10.7. The lowest BCUT2D eigenvalue weighted by molar-refractivity contribution is 0.0702. The maximum Gasteiger partial charge on any atom is 0.345 e. The summed E-state index contributed by atoms with van der Waals surface area (Å²) in [5, 5.41) is 8.81. The van der Waals surface area contributed by atoms with E-state index in [0.717, 1.165) is 21.5 Å². The molecule has 2 heterocycles. The van der Waals surface area contributed by atoms with E-state index in [-0.39, 0.29) is 0 Å². The van der Waals surface area contributed by atoms with E-state index in [1.165, 1.54) is 11.3 Å². The van der Waals surface area contributed by atoms with E-state index in [4.69, 9.17) is 5.11 Å². The topological polar surface area (TPSA) is 50.2 Å². The Kier molecular flexibility index (Phi) is 2.00. The number of pyridine rings is 1. The van der Waals surface area contributed by atoms with Crippen molar-refractivity contribution in [2.45, 2.75) is 13.8 Å². The average molecular weight is 207 g/mol. The summed E-state index contributed by atoms with van der Waals surface area (Å²) in [6, 6.07) is 3.60. The van der Waals surface area contributed by atoms with Gasteiger partial charge in [-0.2, -0.15) is 0 Å². The molecule has 2 aromatic rings. The van der Waals surface area contributed by atoms with Gasteiger partial charge in [-0.05, 0) is 31.5 Å². The molecule has 0 saturated heterocycles. The standard InChI is InChI=1S/C10H9NO2S/c1-5-3-8-7(11-6(5)2)4-9(14-8)10(12)13/h3-4H,1-2H3,(H,12,13). The van der Waals surface area contributed by atoms with Crippen LogP contribution in [0.15, 0.2) is 12.1 Å². The molecule has 3 nitrogen and oxygen atoms in total. The lowest BCUT2D eigenvalue weighted by Crippen LogP contribution is -1.89. The summed E-state index contributed by atoms with van der Waals surface area (Å²) < 4.78 is 0.936. The van der Waals surface area contributed by atoms with Crippen LogP contribution in [-0.4, -0.2) is 16.1 Å². The maximum absolute atomic E-state index is 10.7. The molecule has 0 aliphatic carbocycles. The first-order valence-corrected chi connectivity index (χ1v) is 5.00. The SMILES string of the molecule is Cc1cc2sc(C(=O)O)cc2nc1C. The quantitative estimate of drug-likeness (QED) is 0.782. The van der Waals surface area contributed by atoms with Crippen LogP contribution in [0.4, 0.5) is 0 Å². The highest BCUT2D eigenvalue weighted by Crippen LogP contribution is 2.25. The summed E-state index contributed by atoms with van der Waals surface area (Å²) in [4.78, 5) is 15.4. The van der Waals surface area contributed by atoms with Crippen molar-refractivity contribution >= 4 is 27.5 Å². The zero-order chi connectivity index (χ0) is 10.3. The molecule has 1 N–H and O–H groups in total. The Balaban J connectivity index is 2.72. The van der Waals surface area contributed by atoms with E-state index in [1.54, 1.807) is 6.07 Å². The minimum absolute atomic E-state index is 0.345. The summed E-state index contributed by atoms with van der Waals surface area (Å²) in [5.41, 5.74) is 2.82. The van der Waals surface area contributed by atoms with Gasteiger partial charge in [-0.25, -0.2) is 4.79 Å². The van der Waals surface area contributed by atoms with E-state index >= 15 is 0 Å². The van der Waals surface area contributed by atoms with Gasteiger partial charge in [0.1, 0.15) is 4.88 Å². The molecule has 72 valence electrons. The number of aryl methyl sites for hydroxylation is 2. The molecule has 2 aromatic heterocycles. The van der Waals surface area contributed by atoms with E-state index in [9.17, 15) is 4.79 Å². The molecule has 0 bridgehead atoms. The van der Waals surface area contributed by atoms with Gasteiger partial charge in [0.15, 0.2) is 0 Å². The van der Waals surface area contributed by atoms with Crippen LogP contribution in [0, 0.1) is 13.8 Å². The molecule has 0 aliphatic heterocycles. The highest BCUT2D eigenvalue weighted by Gasteiger charge is 2.09. The first kappa shape index (κ1) is 9.15. The third kappa shape index (κ3) is 1.37. The molecule has 0 spiro atoms. The molecule has 0 saturated carbocycles. The van der Waals surface area contributed by atoms with Crippen molar-refractivity contribution in [2.75, 3.05) is 0 Å². The van der Waals surface area contributed by atoms with Crippen LogP contribution in [-0.2, 0) is 0 Å². The zero-order valence-corrected chi connectivity index (χ0v) is 8.68. The van der Waals surface area contributed by atoms with Gasteiger partial charge in [0.05, 0.1) is 10.2 Å². The molecular weight excluding hydrogens is 198 g/mol. The van der Waals surface area contributed by atoms with Gasteiger partial charge in [-0.3, -0.25) is 4.98 Å². The van der Waals surface area contributed by atoms with E-state index < -0.39 is 5.97 Å². The van der Waals surface area contributed by atoms with Crippen molar-refractivity contribution in [3.05, 3.63) is 28.3 Å². The maximum atomic E-state index is 10.7. The Morgan fingerprint density at radius 3 is 2.79 bits per heavy atom. The monoisotopic (exact) mass is 207 g/mol. The molecule has 4 heteroatoms. The smallest absolute Gasteiger partial charge is 0.345 e. The van der Waals surface area contributed by atoms with Gasteiger partial charge in [0.25, 0.3) is 0 Å². The summed E-state index contributed by atoms with van der Waals surface area (Å²) in [5.74, 6) is -0.886. The number of carboxylic acids is 1. The van der Waals surface area contributed by atoms with Gasteiger partial charge in [0.2, 0.25) is 0 Å². The molecule has 0 radical (unpaired) electrons.